The van der Waals surface area contributed by atoms with Crippen LogP contribution in [0.4, 0.5) is 0 Å². The van der Waals surface area contributed by atoms with Crippen molar-refractivity contribution in [1.29, 1.82) is 0 Å². The van der Waals surface area contributed by atoms with E-state index in [1.165, 1.54) is 4.31 Å². The van der Waals surface area contributed by atoms with Gasteiger partial charge in [0.2, 0.25) is 10.0 Å². The molecule has 29 heavy (non-hydrogen) atoms. The van der Waals surface area contributed by atoms with E-state index < -0.39 is 10.0 Å². The van der Waals surface area contributed by atoms with Gasteiger partial charge < -0.3 is 9.64 Å². The minimum atomic E-state index is -3.70. The fraction of sp³-hybridized carbons (Fsp3) is 0.429. The second-order valence-corrected chi connectivity index (χ2v) is 9.49. The SMILES string of the molecule is CCOc1cc(C)c(S(=O)(=O)N2CCN3C(=O)c4ccc(C)nc4C3C2)cc1C. The van der Waals surface area contributed by atoms with Gasteiger partial charge in [-0.3, -0.25) is 9.78 Å². The molecule has 1 saturated heterocycles. The number of ether oxygens (including phenoxy) is 1. The van der Waals surface area contributed by atoms with Crippen molar-refractivity contribution in [3.05, 3.63) is 52.3 Å². The number of rotatable bonds is 4. The number of carbonyl (C=O) groups is 1. The average molecular weight is 416 g/mol. The van der Waals surface area contributed by atoms with Crippen LogP contribution in [-0.4, -0.2) is 54.8 Å². The molecule has 0 N–H and O–H groups in total. The van der Waals surface area contributed by atoms with E-state index in [4.69, 9.17) is 4.74 Å². The lowest BCUT2D eigenvalue weighted by molar-refractivity contribution is 0.0625. The van der Waals surface area contributed by atoms with Gasteiger partial charge in [0.05, 0.1) is 28.8 Å². The predicted octanol–water partition coefficient (Wildman–Crippen LogP) is 2.61. The third kappa shape index (κ3) is 3.20. The van der Waals surface area contributed by atoms with Crippen molar-refractivity contribution in [1.82, 2.24) is 14.2 Å². The van der Waals surface area contributed by atoms with E-state index in [9.17, 15) is 13.2 Å². The fourth-order valence-electron chi connectivity index (χ4n) is 4.11. The largest absolute Gasteiger partial charge is 0.494 e. The molecule has 4 rings (SSSR count). The van der Waals surface area contributed by atoms with Crippen LogP contribution in [0.15, 0.2) is 29.2 Å². The van der Waals surface area contributed by atoms with Crippen molar-refractivity contribution in [3.63, 3.8) is 0 Å². The van der Waals surface area contributed by atoms with Crippen LogP contribution >= 0.6 is 0 Å². The summed E-state index contributed by atoms with van der Waals surface area (Å²) < 4.78 is 33.9. The highest BCUT2D eigenvalue weighted by Crippen LogP contribution is 2.37. The predicted molar refractivity (Wildman–Crippen MR) is 109 cm³/mol. The van der Waals surface area contributed by atoms with Gasteiger partial charge in [-0.15, -0.1) is 0 Å². The van der Waals surface area contributed by atoms with Crippen molar-refractivity contribution in [2.24, 2.45) is 0 Å². The summed E-state index contributed by atoms with van der Waals surface area (Å²) in [5.74, 6) is 0.631. The molecule has 7 nitrogen and oxygen atoms in total. The van der Waals surface area contributed by atoms with Gasteiger partial charge in [-0.25, -0.2) is 8.42 Å². The van der Waals surface area contributed by atoms with E-state index in [1.807, 2.05) is 26.8 Å². The van der Waals surface area contributed by atoms with E-state index in [2.05, 4.69) is 4.98 Å². The zero-order valence-electron chi connectivity index (χ0n) is 17.1. The van der Waals surface area contributed by atoms with Crippen LogP contribution in [0, 0.1) is 20.8 Å². The first-order valence-electron chi connectivity index (χ1n) is 9.76. The van der Waals surface area contributed by atoms with E-state index in [0.29, 0.717) is 35.7 Å². The van der Waals surface area contributed by atoms with Crippen LogP contribution in [0.25, 0.3) is 0 Å². The molecule has 0 spiro atoms. The highest BCUT2D eigenvalue weighted by atomic mass is 32.2. The Balaban J connectivity index is 1.68. The van der Waals surface area contributed by atoms with Crippen LogP contribution < -0.4 is 4.74 Å². The number of pyridine rings is 1. The minimum absolute atomic E-state index is 0.0670. The number of sulfonamides is 1. The number of benzene rings is 1. The van der Waals surface area contributed by atoms with Crippen LogP contribution in [0.5, 0.6) is 5.75 Å². The number of hydrogen-bond donors (Lipinski definition) is 0. The lowest BCUT2D eigenvalue weighted by atomic mass is 10.1. The van der Waals surface area contributed by atoms with Gasteiger partial charge in [-0.05, 0) is 63.1 Å². The molecule has 1 fully saturated rings. The van der Waals surface area contributed by atoms with E-state index in [-0.39, 0.29) is 29.9 Å². The molecule has 0 radical (unpaired) electrons. The molecular formula is C21H25N3O4S. The standard InChI is InChI=1S/C21H25N3O4S/c1-5-28-18-10-14(3)19(11-13(18)2)29(26,27)23-8-9-24-17(12-23)20-16(21(24)25)7-6-15(4)22-20/h6-7,10-11,17H,5,8-9,12H2,1-4H3. The Hall–Kier alpha value is -2.45. The number of fused-ring (bicyclic) bond motifs is 3. The molecule has 1 amide bonds. The number of piperazine rings is 1. The molecule has 1 unspecified atom stereocenters. The molecule has 1 aromatic heterocycles. The van der Waals surface area contributed by atoms with E-state index in [0.717, 1.165) is 11.3 Å². The maximum atomic E-state index is 13.4. The second-order valence-electron chi connectivity index (χ2n) is 7.58. The summed E-state index contributed by atoms with van der Waals surface area (Å²) in [6.45, 7) is 8.76. The van der Waals surface area contributed by atoms with Gasteiger partial charge in [0.15, 0.2) is 0 Å². The average Bonchev–Trinajstić information content (AvgIpc) is 2.96. The molecule has 154 valence electrons. The van der Waals surface area contributed by atoms with Crippen molar-refractivity contribution >= 4 is 15.9 Å². The van der Waals surface area contributed by atoms with Crippen molar-refractivity contribution in [2.75, 3.05) is 26.2 Å². The zero-order chi connectivity index (χ0) is 20.9. The summed E-state index contributed by atoms with van der Waals surface area (Å²) in [5.41, 5.74) is 3.51. The van der Waals surface area contributed by atoms with E-state index in [1.54, 1.807) is 30.0 Å². The van der Waals surface area contributed by atoms with Crippen LogP contribution in [0.3, 0.4) is 0 Å². The first-order chi connectivity index (χ1) is 13.7. The summed E-state index contributed by atoms with van der Waals surface area (Å²) in [6.07, 6.45) is 0. The molecule has 8 heteroatoms. The van der Waals surface area contributed by atoms with Crippen molar-refractivity contribution < 1.29 is 17.9 Å². The Morgan fingerprint density at radius 3 is 2.62 bits per heavy atom. The minimum Gasteiger partial charge on any atom is -0.494 e. The Morgan fingerprint density at radius 2 is 1.90 bits per heavy atom. The number of aryl methyl sites for hydroxylation is 3. The summed E-state index contributed by atoms with van der Waals surface area (Å²) in [4.78, 5) is 19.2. The van der Waals surface area contributed by atoms with Crippen LogP contribution in [0.2, 0.25) is 0 Å². The molecule has 0 aliphatic carbocycles. The Bertz CT molecular complexity index is 1100. The molecule has 0 bridgehead atoms. The van der Waals surface area contributed by atoms with Gasteiger partial charge in [-0.2, -0.15) is 4.31 Å². The number of aromatic nitrogens is 1. The fourth-order valence-corrected chi connectivity index (χ4v) is 5.84. The highest BCUT2D eigenvalue weighted by Gasteiger charge is 2.44. The number of nitrogens with zero attached hydrogens (tertiary/aromatic N) is 3. The third-order valence-electron chi connectivity index (χ3n) is 5.60. The summed E-state index contributed by atoms with van der Waals surface area (Å²) in [7, 11) is -3.70. The highest BCUT2D eigenvalue weighted by molar-refractivity contribution is 7.89. The topological polar surface area (TPSA) is 79.8 Å². The molecule has 2 aliphatic rings. The molecule has 1 aromatic carbocycles. The van der Waals surface area contributed by atoms with Crippen LogP contribution in [0.1, 0.15) is 45.8 Å². The first-order valence-corrected chi connectivity index (χ1v) is 11.2. The quantitative estimate of drug-likeness (QED) is 0.767. The Labute approximate surface area is 171 Å². The van der Waals surface area contributed by atoms with Crippen molar-refractivity contribution in [2.45, 2.75) is 38.6 Å². The van der Waals surface area contributed by atoms with Gasteiger partial charge in [0.1, 0.15) is 5.75 Å². The summed E-state index contributed by atoms with van der Waals surface area (Å²) >= 11 is 0. The van der Waals surface area contributed by atoms with E-state index >= 15 is 0 Å². The molecule has 1 atom stereocenters. The zero-order valence-corrected chi connectivity index (χ0v) is 17.9. The Kier molecular flexibility index (Phi) is 4.86. The summed E-state index contributed by atoms with van der Waals surface area (Å²) in [6, 6.07) is 6.72. The van der Waals surface area contributed by atoms with Gasteiger partial charge in [0, 0.05) is 25.3 Å². The molecule has 2 aliphatic heterocycles. The van der Waals surface area contributed by atoms with Crippen LogP contribution in [-0.2, 0) is 10.0 Å². The summed E-state index contributed by atoms with van der Waals surface area (Å²) in [5, 5.41) is 0. The first kappa shape index (κ1) is 19.8. The number of amides is 1. The van der Waals surface area contributed by atoms with Crippen molar-refractivity contribution in [3.8, 4) is 5.75 Å². The van der Waals surface area contributed by atoms with Gasteiger partial charge in [0.25, 0.3) is 5.91 Å². The maximum absolute atomic E-state index is 13.4. The van der Waals surface area contributed by atoms with Gasteiger partial charge in [-0.1, -0.05) is 0 Å². The molecular weight excluding hydrogens is 390 g/mol. The monoisotopic (exact) mass is 415 g/mol. The number of carbonyl (C=O) groups excluding carboxylic acids is 1. The Morgan fingerprint density at radius 1 is 1.14 bits per heavy atom. The van der Waals surface area contributed by atoms with Gasteiger partial charge >= 0.3 is 0 Å². The molecule has 3 heterocycles. The number of hydrogen-bond acceptors (Lipinski definition) is 5. The lowest BCUT2D eigenvalue weighted by Gasteiger charge is -2.36. The maximum Gasteiger partial charge on any atom is 0.256 e. The smallest absolute Gasteiger partial charge is 0.256 e. The second kappa shape index (κ2) is 7.11. The molecule has 2 aromatic rings. The third-order valence-corrected chi connectivity index (χ3v) is 7.61. The normalized spacial score (nSPS) is 19.2. The molecule has 0 saturated carbocycles. The lowest BCUT2D eigenvalue weighted by Crippen LogP contribution is -2.49.